The molecule has 0 aliphatic carbocycles. The molecule has 0 bridgehead atoms. The van der Waals surface area contributed by atoms with Gasteiger partial charge >= 0.3 is 6.01 Å². The van der Waals surface area contributed by atoms with E-state index in [0.29, 0.717) is 10.9 Å². The molecule has 0 unspecified atom stereocenters. The van der Waals surface area contributed by atoms with Gasteiger partial charge in [0.25, 0.3) is 0 Å². The molecular formula is C10H7ClN2O. The summed E-state index contributed by atoms with van der Waals surface area (Å²) in [5, 5.41) is 0.367. The van der Waals surface area contributed by atoms with E-state index in [0.717, 1.165) is 0 Å². The molecule has 14 heavy (non-hydrogen) atoms. The predicted octanol–water partition coefficient (Wildman–Crippen LogP) is 2.92. The Morgan fingerprint density at radius 1 is 1.07 bits per heavy atom. The first-order chi connectivity index (χ1) is 6.84. The van der Waals surface area contributed by atoms with Crippen LogP contribution in [0, 0.1) is 0 Å². The van der Waals surface area contributed by atoms with Crippen LogP contribution in [0.1, 0.15) is 0 Å². The van der Waals surface area contributed by atoms with E-state index in [2.05, 4.69) is 9.97 Å². The van der Waals surface area contributed by atoms with Gasteiger partial charge in [0.05, 0.1) is 0 Å². The van der Waals surface area contributed by atoms with E-state index in [1.807, 2.05) is 30.3 Å². The second-order valence-electron chi connectivity index (χ2n) is 2.58. The molecule has 2 rings (SSSR count). The monoisotopic (exact) mass is 206 g/mol. The fourth-order valence-electron chi connectivity index (χ4n) is 0.963. The predicted molar refractivity (Wildman–Crippen MR) is 53.6 cm³/mol. The number of aromatic nitrogens is 2. The van der Waals surface area contributed by atoms with E-state index in [1.54, 1.807) is 12.3 Å². The number of rotatable bonds is 2. The molecule has 0 aliphatic rings. The first-order valence-corrected chi connectivity index (χ1v) is 4.44. The number of ether oxygens (including phenoxy) is 1. The van der Waals surface area contributed by atoms with Crippen molar-refractivity contribution >= 4 is 11.6 Å². The second kappa shape index (κ2) is 4.07. The molecule has 0 amide bonds. The van der Waals surface area contributed by atoms with Gasteiger partial charge in [0.1, 0.15) is 10.9 Å². The van der Waals surface area contributed by atoms with Gasteiger partial charge in [-0.3, -0.25) is 0 Å². The molecule has 1 heterocycles. The molecule has 0 aliphatic heterocycles. The van der Waals surface area contributed by atoms with E-state index < -0.39 is 0 Å². The number of hydrogen-bond acceptors (Lipinski definition) is 3. The molecule has 3 nitrogen and oxygen atoms in total. The Hall–Kier alpha value is -1.61. The number of para-hydroxylation sites is 1. The van der Waals surface area contributed by atoms with Crippen LogP contribution < -0.4 is 4.74 Å². The van der Waals surface area contributed by atoms with Gasteiger partial charge in [0.2, 0.25) is 0 Å². The maximum absolute atomic E-state index is 5.68. The molecule has 2 aromatic rings. The highest BCUT2D eigenvalue weighted by molar-refractivity contribution is 6.29. The molecule has 0 saturated carbocycles. The van der Waals surface area contributed by atoms with Crippen LogP contribution in [0.25, 0.3) is 0 Å². The summed E-state index contributed by atoms with van der Waals surface area (Å²) in [4.78, 5) is 7.82. The van der Waals surface area contributed by atoms with Gasteiger partial charge in [-0.2, -0.15) is 4.98 Å². The van der Waals surface area contributed by atoms with Crippen LogP contribution in [0.4, 0.5) is 0 Å². The largest absolute Gasteiger partial charge is 0.424 e. The number of hydrogen-bond donors (Lipinski definition) is 0. The van der Waals surface area contributed by atoms with E-state index >= 15 is 0 Å². The van der Waals surface area contributed by atoms with Gasteiger partial charge in [-0.1, -0.05) is 29.8 Å². The molecular weight excluding hydrogens is 200 g/mol. The third-order valence-corrected chi connectivity index (χ3v) is 1.76. The molecule has 0 saturated heterocycles. The fourth-order valence-corrected chi connectivity index (χ4v) is 1.09. The average molecular weight is 207 g/mol. The van der Waals surface area contributed by atoms with Crippen molar-refractivity contribution in [3.05, 3.63) is 47.7 Å². The minimum Gasteiger partial charge on any atom is -0.424 e. The molecule has 1 aromatic carbocycles. The van der Waals surface area contributed by atoms with Crippen molar-refractivity contribution in [2.45, 2.75) is 0 Å². The Balaban J connectivity index is 2.19. The highest BCUT2D eigenvalue weighted by atomic mass is 35.5. The second-order valence-corrected chi connectivity index (χ2v) is 2.96. The Labute approximate surface area is 86.3 Å². The van der Waals surface area contributed by atoms with Crippen molar-refractivity contribution < 1.29 is 4.74 Å². The maximum Gasteiger partial charge on any atom is 0.323 e. The van der Waals surface area contributed by atoms with Crippen LogP contribution in [0.3, 0.4) is 0 Å². The number of nitrogens with zero attached hydrogens (tertiary/aromatic N) is 2. The minimum absolute atomic E-state index is 0.253. The summed E-state index contributed by atoms with van der Waals surface area (Å²) >= 11 is 5.68. The Bertz CT molecular complexity index is 419. The first-order valence-electron chi connectivity index (χ1n) is 4.06. The van der Waals surface area contributed by atoms with Crippen LogP contribution in [0.5, 0.6) is 11.8 Å². The lowest BCUT2D eigenvalue weighted by molar-refractivity contribution is 0.442. The van der Waals surface area contributed by atoms with E-state index in [1.165, 1.54) is 0 Å². The highest BCUT2D eigenvalue weighted by Gasteiger charge is 1.99. The standard InChI is InChI=1S/C10H7ClN2O/c11-9-6-7-12-10(13-9)14-8-4-2-1-3-5-8/h1-7H. The van der Waals surface area contributed by atoms with Crippen LogP contribution in [0.15, 0.2) is 42.6 Å². The topological polar surface area (TPSA) is 35.0 Å². The van der Waals surface area contributed by atoms with Crippen molar-refractivity contribution in [3.63, 3.8) is 0 Å². The van der Waals surface area contributed by atoms with E-state index in [4.69, 9.17) is 16.3 Å². The van der Waals surface area contributed by atoms with Crippen LogP contribution in [-0.2, 0) is 0 Å². The summed E-state index contributed by atoms with van der Waals surface area (Å²) in [5.74, 6) is 0.690. The zero-order valence-electron chi connectivity index (χ0n) is 7.22. The minimum atomic E-state index is 0.253. The highest BCUT2D eigenvalue weighted by Crippen LogP contribution is 2.17. The van der Waals surface area contributed by atoms with Crippen molar-refractivity contribution in [2.75, 3.05) is 0 Å². The number of benzene rings is 1. The van der Waals surface area contributed by atoms with Gasteiger partial charge in [0, 0.05) is 6.20 Å². The van der Waals surface area contributed by atoms with Crippen molar-refractivity contribution in [1.29, 1.82) is 0 Å². The maximum atomic E-state index is 5.68. The van der Waals surface area contributed by atoms with Gasteiger partial charge in [0.15, 0.2) is 0 Å². The zero-order chi connectivity index (χ0) is 9.80. The van der Waals surface area contributed by atoms with Crippen LogP contribution in [0.2, 0.25) is 5.15 Å². The summed E-state index contributed by atoms with van der Waals surface area (Å²) in [6.45, 7) is 0. The third-order valence-electron chi connectivity index (χ3n) is 1.55. The van der Waals surface area contributed by atoms with Gasteiger partial charge < -0.3 is 4.74 Å². The van der Waals surface area contributed by atoms with E-state index in [9.17, 15) is 0 Å². The molecule has 0 atom stereocenters. The molecule has 4 heteroatoms. The Kier molecular flexibility index (Phi) is 2.60. The summed E-state index contributed by atoms with van der Waals surface area (Å²) in [6, 6.07) is 11.2. The van der Waals surface area contributed by atoms with E-state index in [-0.39, 0.29) is 6.01 Å². The fraction of sp³-hybridized carbons (Fsp3) is 0. The zero-order valence-corrected chi connectivity index (χ0v) is 7.98. The van der Waals surface area contributed by atoms with Crippen molar-refractivity contribution in [3.8, 4) is 11.8 Å². The van der Waals surface area contributed by atoms with Crippen molar-refractivity contribution in [2.24, 2.45) is 0 Å². The van der Waals surface area contributed by atoms with Gasteiger partial charge in [-0.15, -0.1) is 0 Å². The molecule has 0 fully saturated rings. The van der Waals surface area contributed by atoms with Gasteiger partial charge in [-0.05, 0) is 18.2 Å². The lowest BCUT2D eigenvalue weighted by atomic mass is 10.3. The Morgan fingerprint density at radius 2 is 1.86 bits per heavy atom. The molecule has 70 valence electrons. The molecule has 0 N–H and O–H groups in total. The lowest BCUT2D eigenvalue weighted by Gasteiger charge is -2.02. The SMILES string of the molecule is Clc1ccnc(Oc2ccccc2)n1. The summed E-state index contributed by atoms with van der Waals surface area (Å²) < 4.78 is 5.35. The normalized spacial score (nSPS) is 9.79. The molecule has 0 spiro atoms. The quantitative estimate of drug-likeness (QED) is 0.709. The summed E-state index contributed by atoms with van der Waals surface area (Å²) in [5.41, 5.74) is 0. The average Bonchev–Trinajstić information content (AvgIpc) is 2.19. The van der Waals surface area contributed by atoms with Crippen molar-refractivity contribution in [1.82, 2.24) is 9.97 Å². The van der Waals surface area contributed by atoms with Crippen LogP contribution in [-0.4, -0.2) is 9.97 Å². The molecule has 1 aromatic heterocycles. The van der Waals surface area contributed by atoms with Gasteiger partial charge in [-0.25, -0.2) is 4.98 Å². The third kappa shape index (κ3) is 2.20. The molecule has 0 radical (unpaired) electrons. The summed E-state index contributed by atoms with van der Waals surface area (Å²) in [6.07, 6.45) is 1.55. The van der Waals surface area contributed by atoms with Crippen LogP contribution >= 0.6 is 11.6 Å². The summed E-state index contributed by atoms with van der Waals surface area (Å²) in [7, 11) is 0. The smallest absolute Gasteiger partial charge is 0.323 e. The first kappa shape index (κ1) is 8.97. The lowest BCUT2D eigenvalue weighted by Crippen LogP contribution is -1.90. The number of halogens is 1. The Morgan fingerprint density at radius 3 is 2.57 bits per heavy atom.